The topological polar surface area (TPSA) is 111 Å². The molecule has 0 saturated heterocycles. The second-order valence-corrected chi connectivity index (χ2v) is 2.88. The SMILES string of the molecule is Cc1nc(NCC(N)=O)ccc1[N+](=O)[O-]. The number of anilines is 1. The number of carbonyl (C=O) groups excluding carboxylic acids is 1. The largest absolute Gasteiger partial charge is 0.368 e. The molecule has 7 heteroatoms. The second-order valence-electron chi connectivity index (χ2n) is 2.88. The van der Waals surface area contributed by atoms with Crippen LogP contribution in [0.15, 0.2) is 12.1 Å². The molecule has 0 radical (unpaired) electrons. The van der Waals surface area contributed by atoms with Crippen LogP contribution in [0.25, 0.3) is 0 Å². The maximum absolute atomic E-state index is 10.5. The quantitative estimate of drug-likeness (QED) is 0.544. The zero-order chi connectivity index (χ0) is 11.4. The molecule has 0 atom stereocenters. The number of rotatable bonds is 4. The molecular weight excluding hydrogens is 200 g/mol. The molecule has 3 N–H and O–H groups in total. The monoisotopic (exact) mass is 210 g/mol. The van der Waals surface area contributed by atoms with E-state index in [1.165, 1.54) is 19.1 Å². The molecular formula is C8H10N4O3. The number of nitrogens with two attached hydrogens (primary N) is 1. The Kier molecular flexibility index (Phi) is 3.17. The average Bonchev–Trinajstić information content (AvgIpc) is 2.14. The van der Waals surface area contributed by atoms with Gasteiger partial charge in [-0.1, -0.05) is 0 Å². The van der Waals surface area contributed by atoms with E-state index in [4.69, 9.17) is 5.73 Å². The van der Waals surface area contributed by atoms with Crippen molar-refractivity contribution in [2.45, 2.75) is 6.92 Å². The van der Waals surface area contributed by atoms with Crippen LogP contribution in [0, 0.1) is 17.0 Å². The highest BCUT2D eigenvalue weighted by Crippen LogP contribution is 2.17. The van der Waals surface area contributed by atoms with E-state index in [0.29, 0.717) is 5.82 Å². The van der Waals surface area contributed by atoms with Crippen LogP contribution in [0.4, 0.5) is 11.5 Å². The van der Waals surface area contributed by atoms with Crippen molar-refractivity contribution in [3.63, 3.8) is 0 Å². The molecule has 0 aromatic carbocycles. The molecule has 1 aromatic heterocycles. The van der Waals surface area contributed by atoms with Crippen LogP contribution in [0.5, 0.6) is 0 Å². The van der Waals surface area contributed by atoms with E-state index in [2.05, 4.69) is 10.3 Å². The molecule has 0 fully saturated rings. The Labute approximate surface area is 85.5 Å². The normalized spacial score (nSPS) is 9.67. The van der Waals surface area contributed by atoms with Gasteiger partial charge >= 0.3 is 0 Å². The van der Waals surface area contributed by atoms with Crippen LogP contribution in [0.2, 0.25) is 0 Å². The number of hydrogen-bond acceptors (Lipinski definition) is 5. The van der Waals surface area contributed by atoms with Gasteiger partial charge in [-0.25, -0.2) is 4.98 Å². The highest BCUT2D eigenvalue weighted by atomic mass is 16.6. The highest BCUT2D eigenvalue weighted by Gasteiger charge is 2.11. The lowest BCUT2D eigenvalue weighted by Gasteiger charge is -2.03. The third-order valence-corrected chi connectivity index (χ3v) is 1.70. The predicted molar refractivity (Wildman–Crippen MR) is 53.3 cm³/mol. The van der Waals surface area contributed by atoms with Crippen LogP contribution in [0.3, 0.4) is 0 Å². The number of carbonyl (C=O) groups is 1. The molecule has 0 unspecified atom stereocenters. The van der Waals surface area contributed by atoms with E-state index in [1.807, 2.05) is 0 Å². The third-order valence-electron chi connectivity index (χ3n) is 1.70. The van der Waals surface area contributed by atoms with Crippen molar-refractivity contribution < 1.29 is 9.72 Å². The summed E-state index contributed by atoms with van der Waals surface area (Å²) in [6.45, 7) is 1.47. The van der Waals surface area contributed by atoms with Crippen LogP contribution in [0.1, 0.15) is 5.69 Å². The van der Waals surface area contributed by atoms with Crippen molar-refractivity contribution in [1.29, 1.82) is 0 Å². The van der Waals surface area contributed by atoms with Gasteiger partial charge in [0, 0.05) is 6.07 Å². The number of pyridine rings is 1. The molecule has 1 rings (SSSR count). The smallest absolute Gasteiger partial charge is 0.290 e. The second kappa shape index (κ2) is 4.36. The molecule has 0 saturated carbocycles. The molecule has 0 aliphatic rings. The van der Waals surface area contributed by atoms with Crippen molar-refractivity contribution in [3.8, 4) is 0 Å². The number of hydrogen-bond donors (Lipinski definition) is 2. The lowest BCUT2D eigenvalue weighted by atomic mass is 10.3. The standard InChI is InChI=1S/C8H10N4O3/c1-5-6(12(14)15)2-3-8(11-5)10-4-7(9)13/h2-3H,4H2,1H3,(H2,9,13)(H,10,11). The Bertz CT molecular complexity index is 405. The minimum Gasteiger partial charge on any atom is -0.368 e. The van der Waals surface area contributed by atoms with Crippen LogP contribution in [-0.2, 0) is 4.79 Å². The molecule has 15 heavy (non-hydrogen) atoms. The van der Waals surface area contributed by atoms with Crippen molar-refractivity contribution in [2.75, 3.05) is 11.9 Å². The van der Waals surface area contributed by atoms with Crippen molar-refractivity contribution >= 4 is 17.4 Å². The minimum absolute atomic E-state index is 0.0513. The first-order valence-corrected chi connectivity index (χ1v) is 4.15. The van der Waals surface area contributed by atoms with Gasteiger partial charge in [0.1, 0.15) is 11.5 Å². The van der Waals surface area contributed by atoms with Crippen molar-refractivity contribution in [3.05, 3.63) is 27.9 Å². The van der Waals surface area contributed by atoms with Crippen LogP contribution >= 0.6 is 0 Å². The van der Waals surface area contributed by atoms with Gasteiger partial charge in [-0.15, -0.1) is 0 Å². The maximum Gasteiger partial charge on any atom is 0.290 e. The summed E-state index contributed by atoms with van der Waals surface area (Å²) in [5, 5.41) is 13.1. The Morgan fingerprint density at radius 2 is 2.33 bits per heavy atom. The number of aryl methyl sites for hydroxylation is 1. The third kappa shape index (κ3) is 2.90. The Hall–Kier alpha value is -2.18. The molecule has 0 spiro atoms. The predicted octanol–water partition coefficient (Wildman–Crippen LogP) is 0.195. The van der Waals surface area contributed by atoms with Crippen LogP contribution < -0.4 is 11.1 Å². The number of nitro groups is 1. The molecule has 1 aromatic rings. The summed E-state index contributed by atoms with van der Waals surface area (Å²) in [6, 6.07) is 2.75. The first kappa shape index (κ1) is 10.9. The summed E-state index contributed by atoms with van der Waals surface area (Å²) in [5.41, 5.74) is 5.15. The minimum atomic E-state index is -0.521. The lowest BCUT2D eigenvalue weighted by Crippen LogP contribution is -2.22. The molecule has 1 heterocycles. The Morgan fingerprint density at radius 3 is 2.80 bits per heavy atom. The van der Waals surface area contributed by atoms with E-state index in [9.17, 15) is 14.9 Å². The lowest BCUT2D eigenvalue weighted by molar-refractivity contribution is -0.385. The van der Waals surface area contributed by atoms with Gasteiger partial charge in [0.2, 0.25) is 5.91 Å². The van der Waals surface area contributed by atoms with Crippen molar-refractivity contribution in [2.24, 2.45) is 5.73 Å². The number of aromatic nitrogens is 1. The average molecular weight is 210 g/mol. The number of nitrogens with zero attached hydrogens (tertiary/aromatic N) is 2. The molecule has 0 aliphatic carbocycles. The maximum atomic E-state index is 10.5. The molecule has 7 nitrogen and oxygen atoms in total. The Balaban J connectivity index is 2.82. The fraction of sp³-hybridized carbons (Fsp3) is 0.250. The summed E-state index contributed by atoms with van der Waals surface area (Å²) in [7, 11) is 0. The Morgan fingerprint density at radius 1 is 1.67 bits per heavy atom. The fourth-order valence-corrected chi connectivity index (χ4v) is 1.02. The van der Waals surface area contributed by atoms with Gasteiger partial charge < -0.3 is 11.1 Å². The van der Waals surface area contributed by atoms with Gasteiger partial charge in [0.05, 0.1) is 11.5 Å². The zero-order valence-corrected chi connectivity index (χ0v) is 8.06. The highest BCUT2D eigenvalue weighted by molar-refractivity contribution is 5.78. The first-order valence-electron chi connectivity index (χ1n) is 4.15. The summed E-state index contributed by atoms with van der Waals surface area (Å²) in [4.78, 5) is 24.3. The van der Waals surface area contributed by atoms with E-state index < -0.39 is 10.8 Å². The van der Waals surface area contributed by atoms with E-state index in [0.717, 1.165) is 0 Å². The number of nitrogens with one attached hydrogen (secondary N) is 1. The zero-order valence-electron chi connectivity index (χ0n) is 8.06. The van der Waals surface area contributed by atoms with E-state index in [1.54, 1.807) is 0 Å². The van der Waals surface area contributed by atoms with Gasteiger partial charge in [-0.3, -0.25) is 14.9 Å². The van der Waals surface area contributed by atoms with Gasteiger partial charge in [-0.05, 0) is 13.0 Å². The molecule has 0 aliphatic heterocycles. The summed E-state index contributed by atoms with van der Waals surface area (Å²) in [6.07, 6.45) is 0. The van der Waals surface area contributed by atoms with E-state index in [-0.39, 0.29) is 17.9 Å². The summed E-state index contributed by atoms with van der Waals surface area (Å²) < 4.78 is 0. The molecule has 80 valence electrons. The fourth-order valence-electron chi connectivity index (χ4n) is 1.02. The van der Waals surface area contributed by atoms with E-state index >= 15 is 0 Å². The summed E-state index contributed by atoms with van der Waals surface area (Å²) >= 11 is 0. The van der Waals surface area contributed by atoms with Crippen molar-refractivity contribution in [1.82, 2.24) is 4.98 Å². The molecule has 0 bridgehead atoms. The summed E-state index contributed by atoms with van der Waals surface area (Å²) in [5.74, 6) is -0.135. The van der Waals surface area contributed by atoms with Crippen LogP contribution in [-0.4, -0.2) is 22.4 Å². The number of primary amides is 1. The first-order chi connectivity index (χ1) is 7.00. The van der Waals surface area contributed by atoms with Gasteiger partial charge in [0.15, 0.2) is 0 Å². The van der Waals surface area contributed by atoms with Gasteiger partial charge in [0.25, 0.3) is 5.69 Å². The molecule has 1 amide bonds. The number of amides is 1. The van der Waals surface area contributed by atoms with Gasteiger partial charge in [-0.2, -0.15) is 0 Å².